The van der Waals surface area contributed by atoms with E-state index in [0.29, 0.717) is 0 Å². The number of nitrogens with zero attached hydrogens (tertiary/aromatic N) is 2. The third-order valence-corrected chi connectivity index (χ3v) is 3.10. The van der Waals surface area contributed by atoms with Crippen LogP contribution in [0.25, 0.3) is 22.0 Å². The molecule has 0 spiro atoms. The van der Waals surface area contributed by atoms with Crippen LogP contribution in [0, 0.1) is 6.92 Å². The van der Waals surface area contributed by atoms with Crippen LogP contribution in [-0.2, 0) is 7.05 Å². The van der Waals surface area contributed by atoms with E-state index in [2.05, 4.69) is 60.1 Å². The summed E-state index contributed by atoms with van der Waals surface area (Å²) in [5, 5.41) is 1.27. The summed E-state index contributed by atoms with van der Waals surface area (Å²) >= 11 is 0. The van der Waals surface area contributed by atoms with Gasteiger partial charge >= 0.3 is 0 Å². The molecule has 3 rings (SSSR count). The molecule has 0 unspecified atom stereocenters. The second-order valence-corrected chi connectivity index (χ2v) is 4.45. The number of hydrogen-bond acceptors (Lipinski definition) is 1. The number of aryl methyl sites for hydroxylation is 2. The molecule has 0 aliphatic rings. The van der Waals surface area contributed by atoms with Crippen molar-refractivity contribution >= 4 is 10.9 Å². The molecular formula is C15H14N2. The van der Waals surface area contributed by atoms with Crippen molar-refractivity contribution in [3.05, 3.63) is 54.5 Å². The number of pyridine rings is 1. The summed E-state index contributed by atoms with van der Waals surface area (Å²) in [6.45, 7) is 2.07. The molecule has 0 amide bonds. The molecule has 1 aromatic carbocycles. The molecule has 0 aliphatic carbocycles. The van der Waals surface area contributed by atoms with Crippen molar-refractivity contribution < 1.29 is 0 Å². The Morgan fingerprint density at radius 1 is 1.00 bits per heavy atom. The quantitative estimate of drug-likeness (QED) is 0.615. The number of rotatable bonds is 1. The van der Waals surface area contributed by atoms with Gasteiger partial charge in [0.1, 0.15) is 0 Å². The Labute approximate surface area is 101 Å². The molecule has 0 radical (unpaired) electrons. The molecule has 0 N–H and O–H groups in total. The standard InChI is InChI=1S/C15H14N2/c1-11-7-14(10-16-9-11)13-4-3-12-5-6-17(2)15(12)8-13/h3-10H,1-2H3. The van der Waals surface area contributed by atoms with Gasteiger partial charge in [-0.25, -0.2) is 0 Å². The van der Waals surface area contributed by atoms with Gasteiger partial charge in [-0.3, -0.25) is 4.98 Å². The van der Waals surface area contributed by atoms with Crippen LogP contribution in [-0.4, -0.2) is 9.55 Å². The third-order valence-electron chi connectivity index (χ3n) is 3.10. The number of fused-ring (bicyclic) bond motifs is 1. The van der Waals surface area contributed by atoms with Gasteiger partial charge in [-0.1, -0.05) is 12.1 Å². The molecule has 0 fully saturated rings. The van der Waals surface area contributed by atoms with Crippen molar-refractivity contribution in [2.24, 2.45) is 7.05 Å². The first-order valence-electron chi connectivity index (χ1n) is 5.71. The van der Waals surface area contributed by atoms with Crippen LogP contribution in [0.1, 0.15) is 5.56 Å². The topological polar surface area (TPSA) is 17.8 Å². The van der Waals surface area contributed by atoms with Crippen LogP contribution in [0.5, 0.6) is 0 Å². The molecule has 2 nitrogen and oxygen atoms in total. The molecule has 2 heterocycles. The summed E-state index contributed by atoms with van der Waals surface area (Å²) < 4.78 is 2.14. The minimum absolute atomic E-state index is 1.17. The zero-order valence-corrected chi connectivity index (χ0v) is 10.0. The largest absolute Gasteiger partial charge is 0.351 e. The lowest BCUT2D eigenvalue weighted by Gasteiger charge is -2.04. The van der Waals surface area contributed by atoms with Crippen molar-refractivity contribution in [1.82, 2.24) is 9.55 Å². The molecule has 0 bridgehead atoms. The normalized spacial score (nSPS) is 10.9. The lowest BCUT2D eigenvalue weighted by atomic mass is 10.1. The van der Waals surface area contributed by atoms with Crippen molar-refractivity contribution in [3.63, 3.8) is 0 Å². The highest BCUT2D eigenvalue weighted by Crippen LogP contribution is 2.24. The molecule has 3 aromatic rings. The van der Waals surface area contributed by atoms with E-state index in [1.807, 2.05) is 12.4 Å². The Balaban J connectivity index is 2.20. The maximum Gasteiger partial charge on any atom is 0.0483 e. The van der Waals surface area contributed by atoms with Gasteiger partial charge in [0.15, 0.2) is 0 Å². The van der Waals surface area contributed by atoms with Gasteiger partial charge in [-0.2, -0.15) is 0 Å². The van der Waals surface area contributed by atoms with E-state index in [0.717, 1.165) is 0 Å². The van der Waals surface area contributed by atoms with Crippen molar-refractivity contribution in [2.75, 3.05) is 0 Å². The maximum atomic E-state index is 4.24. The number of hydrogen-bond donors (Lipinski definition) is 0. The molecule has 17 heavy (non-hydrogen) atoms. The Morgan fingerprint density at radius 3 is 2.71 bits per heavy atom. The zero-order valence-electron chi connectivity index (χ0n) is 10.0. The first-order chi connectivity index (χ1) is 8.24. The predicted molar refractivity (Wildman–Crippen MR) is 70.9 cm³/mol. The summed E-state index contributed by atoms with van der Waals surface area (Å²) in [7, 11) is 2.07. The Kier molecular flexibility index (Phi) is 2.22. The van der Waals surface area contributed by atoms with Crippen LogP contribution in [0.2, 0.25) is 0 Å². The molecule has 0 saturated heterocycles. The lowest BCUT2D eigenvalue weighted by molar-refractivity contribution is 0.969. The Morgan fingerprint density at radius 2 is 1.88 bits per heavy atom. The van der Waals surface area contributed by atoms with Crippen LogP contribution in [0.3, 0.4) is 0 Å². The monoisotopic (exact) mass is 222 g/mol. The number of benzene rings is 1. The van der Waals surface area contributed by atoms with Crippen molar-refractivity contribution in [3.8, 4) is 11.1 Å². The fourth-order valence-corrected chi connectivity index (χ4v) is 2.15. The second-order valence-electron chi connectivity index (χ2n) is 4.45. The van der Waals surface area contributed by atoms with Gasteiger partial charge in [0, 0.05) is 36.7 Å². The van der Waals surface area contributed by atoms with E-state index >= 15 is 0 Å². The molecule has 0 aliphatic heterocycles. The third kappa shape index (κ3) is 1.72. The van der Waals surface area contributed by atoms with Gasteiger partial charge in [0.2, 0.25) is 0 Å². The van der Waals surface area contributed by atoms with Crippen LogP contribution in [0.4, 0.5) is 0 Å². The minimum Gasteiger partial charge on any atom is -0.351 e. The average Bonchev–Trinajstić information content (AvgIpc) is 2.71. The SMILES string of the molecule is Cc1cncc(-c2ccc3ccn(C)c3c2)c1. The van der Waals surface area contributed by atoms with E-state index in [1.54, 1.807) is 0 Å². The maximum absolute atomic E-state index is 4.24. The predicted octanol–water partition coefficient (Wildman–Crippen LogP) is 3.55. The summed E-state index contributed by atoms with van der Waals surface area (Å²) in [6.07, 6.45) is 5.88. The smallest absolute Gasteiger partial charge is 0.0483 e. The van der Waals surface area contributed by atoms with E-state index in [-0.39, 0.29) is 0 Å². The molecule has 2 heteroatoms. The second kappa shape index (κ2) is 3.74. The van der Waals surface area contributed by atoms with Gasteiger partial charge in [0.25, 0.3) is 0 Å². The average molecular weight is 222 g/mol. The van der Waals surface area contributed by atoms with E-state index in [1.165, 1.54) is 27.6 Å². The van der Waals surface area contributed by atoms with Crippen molar-refractivity contribution in [2.45, 2.75) is 6.92 Å². The van der Waals surface area contributed by atoms with Crippen LogP contribution >= 0.6 is 0 Å². The summed E-state index contributed by atoms with van der Waals surface area (Å²) in [5.41, 5.74) is 4.84. The Bertz CT molecular complexity index is 680. The fourth-order valence-electron chi connectivity index (χ4n) is 2.15. The van der Waals surface area contributed by atoms with Gasteiger partial charge in [0.05, 0.1) is 0 Å². The molecule has 0 saturated carbocycles. The van der Waals surface area contributed by atoms with Gasteiger partial charge in [-0.15, -0.1) is 0 Å². The highest BCUT2D eigenvalue weighted by molar-refractivity contribution is 5.85. The Hall–Kier alpha value is -2.09. The summed E-state index contributed by atoms with van der Waals surface area (Å²) in [5.74, 6) is 0. The van der Waals surface area contributed by atoms with Gasteiger partial charge in [-0.05, 0) is 41.6 Å². The summed E-state index contributed by atoms with van der Waals surface area (Å²) in [4.78, 5) is 4.24. The van der Waals surface area contributed by atoms with E-state index in [9.17, 15) is 0 Å². The van der Waals surface area contributed by atoms with E-state index < -0.39 is 0 Å². The number of aromatic nitrogens is 2. The lowest BCUT2D eigenvalue weighted by Crippen LogP contribution is -1.86. The van der Waals surface area contributed by atoms with Crippen LogP contribution < -0.4 is 0 Å². The molecular weight excluding hydrogens is 208 g/mol. The van der Waals surface area contributed by atoms with Crippen LogP contribution in [0.15, 0.2) is 48.9 Å². The zero-order chi connectivity index (χ0) is 11.8. The molecule has 84 valence electrons. The molecule has 2 aromatic heterocycles. The highest BCUT2D eigenvalue weighted by atomic mass is 14.9. The van der Waals surface area contributed by atoms with Gasteiger partial charge < -0.3 is 4.57 Å². The fraction of sp³-hybridized carbons (Fsp3) is 0.133. The first-order valence-corrected chi connectivity index (χ1v) is 5.71. The van der Waals surface area contributed by atoms with Crippen molar-refractivity contribution in [1.29, 1.82) is 0 Å². The van der Waals surface area contributed by atoms with E-state index in [4.69, 9.17) is 0 Å². The molecule has 0 atom stereocenters. The first kappa shape index (κ1) is 10.1. The minimum atomic E-state index is 1.17. The summed E-state index contributed by atoms with van der Waals surface area (Å²) in [6, 6.07) is 10.8. The highest BCUT2D eigenvalue weighted by Gasteiger charge is 2.02.